The minimum atomic E-state index is 0.313. The Bertz CT molecular complexity index is 548. The molecule has 2 saturated carbocycles. The molecule has 4 heteroatoms. The molecule has 2 aliphatic carbocycles. The predicted molar refractivity (Wildman–Crippen MR) is 79.9 cm³/mol. The third-order valence-electron chi connectivity index (χ3n) is 4.87. The fraction of sp³-hybridized carbons (Fsp3) is 0.562. The summed E-state index contributed by atoms with van der Waals surface area (Å²) in [6.45, 7) is 2.85. The number of nitrogens with zero attached hydrogens (tertiary/aromatic N) is 1. The lowest BCUT2D eigenvalue weighted by atomic mass is 9.51. The molecular formula is C16H19ClN2O. The van der Waals surface area contributed by atoms with Gasteiger partial charge in [0.05, 0.1) is 28.4 Å². The number of nitriles is 1. The molecule has 1 N–H and O–H groups in total. The lowest BCUT2D eigenvalue weighted by Crippen LogP contribution is -2.64. The van der Waals surface area contributed by atoms with E-state index < -0.39 is 0 Å². The Morgan fingerprint density at radius 2 is 2.30 bits per heavy atom. The van der Waals surface area contributed by atoms with Crippen molar-refractivity contribution in [2.75, 3.05) is 11.9 Å². The number of halogens is 1. The van der Waals surface area contributed by atoms with E-state index >= 15 is 0 Å². The van der Waals surface area contributed by atoms with Gasteiger partial charge in [0.2, 0.25) is 0 Å². The van der Waals surface area contributed by atoms with Crippen molar-refractivity contribution in [3.8, 4) is 6.07 Å². The minimum Gasteiger partial charge on any atom is -0.380 e. The maximum absolute atomic E-state index is 8.87. The van der Waals surface area contributed by atoms with Crippen LogP contribution >= 0.6 is 11.6 Å². The monoisotopic (exact) mass is 290 g/mol. The van der Waals surface area contributed by atoms with Gasteiger partial charge in [0.25, 0.3) is 0 Å². The smallest absolute Gasteiger partial charge is 0.0992 e. The van der Waals surface area contributed by atoms with Crippen LogP contribution in [0.2, 0.25) is 5.02 Å². The highest BCUT2D eigenvalue weighted by atomic mass is 35.5. The summed E-state index contributed by atoms with van der Waals surface area (Å²) in [5.74, 6) is 0. The highest BCUT2D eigenvalue weighted by molar-refractivity contribution is 6.33. The largest absolute Gasteiger partial charge is 0.380 e. The van der Waals surface area contributed by atoms with Crippen molar-refractivity contribution in [2.45, 2.75) is 44.8 Å². The summed E-state index contributed by atoms with van der Waals surface area (Å²) in [6, 6.07) is 7.98. The van der Waals surface area contributed by atoms with Crippen molar-refractivity contribution in [3.05, 3.63) is 28.8 Å². The number of benzene rings is 1. The number of nitrogens with one attached hydrogen (secondary N) is 1. The zero-order valence-corrected chi connectivity index (χ0v) is 12.4. The number of hydrogen-bond acceptors (Lipinski definition) is 3. The number of ether oxygens (including phenoxy) is 1. The third-order valence-corrected chi connectivity index (χ3v) is 5.18. The van der Waals surface area contributed by atoms with Gasteiger partial charge in [-0.1, -0.05) is 18.0 Å². The standard InChI is InChI=1S/C16H19ClN2O/c1-2-20-15-9-14(16(15)6-3-7-16)19-13-5-4-11(10-18)8-12(13)17/h4-5,8,14-15,19H,2-3,6-7,9H2,1H3. The van der Waals surface area contributed by atoms with Crippen molar-refractivity contribution < 1.29 is 4.74 Å². The number of anilines is 1. The molecule has 3 nitrogen and oxygen atoms in total. The maximum Gasteiger partial charge on any atom is 0.0992 e. The highest BCUT2D eigenvalue weighted by Crippen LogP contribution is 2.58. The molecule has 0 aromatic heterocycles. The Labute approximate surface area is 124 Å². The lowest BCUT2D eigenvalue weighted by Gasteiger charge is -2.61. The zero-order valence-electron chi connectivity index (χ0n) is 11.7. The van der Waals surface area contributed by atoms with E-state index in [0.717, 1.165) is 18.7 Å². The van der Waals surface area contributed by atoms with E-state index in [1.54, 1.807) is 12.1 Å². The van der Waals surface area contributed by atoms with E-state index in [-0.39, 0.29) is 0 Å². The van der Waals surface area contributed by atoms with Gasteiger partial charge >= 0.3 is 0 Å². The quantitative estimate of drug-likeness (QED) is 0.912. The van der Waals surface area contributed by atoms with E-state index in [9.17, 15) is 0 Å². The molecule has 2 aliphatic rings. The molecular weight excluding hydrogens is 272 g/mol. The Balaban J connectivity index is 1.72. The van der Waals surface area contributed by atoms with Crippen LogP contribution in [0.5, 0.6) is 0 Å². The van der Waals surface area contributed by atoms with Crippen LogP contribution < -0.4 is 5.32 Å². The van der Waals surface area contributed by atoms with Gasteiger partial charge in [-0.15, -0.1) is 0 Å². The molecule has 0 radical (unpaired) electrons. The van der Waals surface area contributed by atoms with Crippen LogP contribution in [-0.4, -0.2) is 18.8 Å². The zero-order chi connectivity index (χ0) is 14.2. The minimum absolute atomic E-state index is 0.313. The van der Waals surface area contributed by atoms with Crippen molar-refractivity contribution in [1.82, 2.24) is 0 Å². The highest BCUT2D eigenvalue weighted by Gasteiger charge is 2.58. The lowest BCUT2D eigenvalue weighted by molar-refractivity contribution is -0.157. The van der Waals surface area contributed by atoms with E-state index in [0.29, 0.717) is 28.1 Å². The molecule has 0 heterocycles. The first-order valence-electron chi connectivity index (χ1n) is 7.27. The van der Waals surface area contributed by atoms with Gasteiger partial charge in [0.1, 0.15) is 0 Å². The average molecular weight is 291 g/mol. The van der Waals surface area contributed by atoms with Gasteiger partial charge in [0, 0.05) is 18.1 Å². The van der Waals surface area contributed by atoms with Crippen molar-refractivity contribution in [1.29, 1.82) is 5.26 Å². The van der Waals surface area contributed by atoms with E-state index in [2.05, 4.69) is 18.3 Å². The predicted octanol–water partition coefficient (Wildman–Crippen LogP) is 3.97. The Morgan fingerprint density at radius 3 is 2.85 bits per heavy atom. The van der Waals surface area contributed by atoms with Gasteiger partial charge in [-0.05, 0) is 44.4 Å². The summed E-state index contributed by atoms with van der Waals surface area (Å²) >= 11 is 6.24. The third kappa shape index (κ3) is 2.08. The first-order chi connectivity index (χ1) is 9.69. The van der Waals surface area contributed by atoms with Crippen molar-refractivity contribution >= 4 is 17.3 Å². The van der Waals surface area contributed by atoms with Crippen LogP contribution in [0.25, 0.3) is 0 Å². The van der Waals surface area contributed by atoms with Crippen LogP contribution in [0.1, 0.15) is 38.2 Å². The molecule has 3 rings (SSSR count). The maximum atomic E-state index is 8.87. The van der Waals surface area contributed by atoms with Crippen LogP contribution in [0.15, 0.2) is 18.2 Å². The average Bonchev–Trinajstić information content (AvgIpc) is 2.37. The second kappa shape index (κ2) is 5.27. The van der Waals surface area contributed by atoms with Crippen LogP contribution in [0.4, 0.5) is 5.69 Å². The van der Waals surface area contributed by atoms with E-state index in [1.165, 1.54) is 19.3 Å². The van der Waals surface area contributed by atoms with E-state index in [4.69, 9.17) is 21.6 Å². The first kappa shape index (κ1) is 13.7. The van der Waals surface area contributed by atoms with Gasteiger partial charge in [-0.25, -0.2) is 0 Å². The van der Waals surface area contributed by atoms with Crippen LogP contribution in [0.3, 0.4) is 0 Å². The van der Waals surface area contributed by atoms with Crippen LogP contribution in [-0.2, 0) is 4.74 Å². The molecule has 20 heavy (non-hydrogen) atoms. The Hall–Kier alpha value is -1.24. The SMILES string of the molecule is CCOC1CC(Nc2ccc(C#N)cc2Cl)C12CCC2. The molecule has 1 aromatic carbocycles. The fourth-order valence-corrected chi connectivity index (χ4v) is 3.77. The summed E-state index contributed by atoms with van der Waals surface area (Å²) in [5.41, 5.74) is 1.84. The summed E-state index contributed by atoms with van der Waals surface area (Å²) in [6.07, 6.45) is 5.22. The molecule has 0 amide bonds. The summed E-state index contributed by atoms with van der Waals surface area (Å²) < 4.78 is 5.85. The van der Waals surface area contributed by atoms with E-state index in [1.807, 2.05) is 6.07 Å². The molecule has 1 spiro atoms. The molecule has 1 aromatic rings. The first-order valence-corrected chi connectivity index (χ1v) is 7.65. The number of hydrogen-bond donors (Lipinski definition) is 1. The molecule has 2 unspecified atom stereocenters. The molecule has 0 aliphatic heterocycles. The molecule has 0 bridgehead atoms. The van der Waals surface area contributed by atoms with Gasteiger partial charge in [-0.2, -0.15) is 5.26 Å². The molecule has 2 atom stereocenters. The second-order valence-corrected chi connectivity index (χ2v) is 6.18. The molecule has 0 saturated heterocycles. The van der Waals surface area contributed by atoms with Crippen LogP contribution in [0, 0.1) is 16.7 Å². The molecule has 2 fully saturated rings. The van der Waals surface area contributed by atoms with Gasteiger partial charge < -0.3 is 10.1 Å². The van der Waals surface area contributed by atoms with Crippen molar-refractivity contribution in [2.24, 2.45) is 5.41 Å². The number of rotatable bonds is 4. The van der Waals surface area contributed by atoms with Gasteiger partial charge in [-0.3, -0.25) is 0 Å². The topological polar surface area (TPSA) is 45.0 Å². The normalized spacial score (nSPS) is 26.4. The van der Waals surface area contributed by atoms with Gasteiger partial charge in [0.15, 0.2) is 0 Å². The summed E-state index contributed by atoms with van der Waals surface area (Å²) in [4.78, 5) is 0. The van der Waals surface area contributed by atoms with Crippen molar-refractivity contribution in [3.63, 3.8) is 0 Å². The summed E-state index contributed by atoms with van der Waals surface area (Å²) in [7, 11) is 0. The Morgan fingerprint density at radius 1 is 1.50 bits per heavy atom. The second-order valence-electron chi connectivity index (χ2n) is 5.77. The fourth-order valence-electron chi connectivity index (χ4n) is 3.53. The Kier molecular flexibility index (Phi) is 3.62. The summed E-state index contributed by atoms with van der Waals surface area (Å²) in [5, 5.41) is 13.1. The molecule has 106 valence electrons.